The lowest BCUT2D eigenvalue weighted by atomic mass is 10.1. The van der Waals surface area contributed by atoms with Crippen molar-refractivity contribution in [2.24, 2.45) is 5.92 Å². The maximum absolute atomic E-state index is 12.7. The molecule has 1 aromatic carbocycles. The molecule has 2 aliphatic rings. The van der Waals surface area contributed by atoms with Gasteiger partial charge in [-0.2, -0.15) is 0 Å². The Bertz CT molecular complexity index is 628. The fourth-order valence-electron chi connectivity index (χ4n) is 3.45. The van der Waals surface area contributed by atoms with E-state index in [9.17, 15) is 18.4 Å². The van der Waals surface area contributed by atoms with Crippen molar-refractivity contribution in [1.82, 2.24) is 9.80 Å². The number of hydrogen-bond acceptors (Lipinski definition) is 3. The first kappa shape index (κ1) is 17.8. The van der Waals surface area contributed by atoms with Gasteiger partial charge in [0.05, 0.1) is 12.5 Å². The molecule has 2 saturated heterocycles. The Hall–Kier alpha value is -2.02. The summed E-state index contributed by atoms with van der Waals surface area (Å²) in [6.07, 6.45) is -2.14. The number of piperazine rings is 1. The van der Waals surface area contributed by atoms with Gasteiger partial charge in [-0.3, -0.25) is 14.5 Å². The highest BCUT2D eigenvalue weighted by atomic mass is 19.3. The van der Waals surface area contributed by atoms with Crippen LogP contribution in [0.3, 0.4) is 0 Å². The highest BCUT2D eigenvalue weighted by molar-refractivity contribution is 6.00. The van der Waals surface area contributed by atoms with E-state index in [1.807, 2.05) is 31.2 Å². The maximum Gasteiger partial charge on any atom is 0.251 e. The summed E-state index contributed by atoms with van der Waals surface area (Å²) in [4.78, 5) is 30.0. The van der Waals surface area contributed by atoms with Crippen LogP contribution in [0.4, 0.5) is 14.5 Å². The smallest absolute Gasteiger partial charge is 0.251 e. The van der Waals surface area contributed by atoms with Gasteiger partial charge < -0.3 is 9.80 Å². The van der Waals surface area contributed by atoms with Crippen molar-refractivity contribution in [1.29, 1.82) is 0 Å². The maximum atomic E-state index is 12.7. The molecule has 1 aromatic rings. The lowest BCUT2D eigenvalue weighted by molar-refractivity contribution is -0.137. The average Bonchev–Trinajstić information content (AvgIpc) is 2.97. The molecule has 0 bridgehead atoms. The Kier molecular flexibility index (Phi) is 5.32. The zero-order valence-electron chi connectivity index (χ0n) is 14.3. The van der Waals surface area contributed by atoms with Gasteiger partial charge in [0.15, 0.2) is 0 Å². The van der Waals surface area contributed by atoms with E-state index in [1.54, 1.807) is 14.7 Å². The third kappa shape index (κ3) is 4.15. The summed E-state index contributed by atoms with van der Waals surface area (Å²) >= 11 is 0. The minimum atomic E-state index is -2.35. The van der Waals surface area contributed by atoms with E-state index < -0.39 is 6.43 Å². The zero-order valence-corrected chi connectivity index (χ0v) is 14.3. The number of benzene rings is 1. The van der Waals surface area contributed by atoms with Crippen molar-refractivity contribution < 1.29 is 18.4 Å². The molecule has 0 saturated carbocycles. The quantitative estimate of drug-likeness (QED) is 0.830. The van der Waals surface area contributed by atoms with E-state index >= 15 is 0 Å². The SMILES string of the molecule is Cc1ccc(N2C[C@@H](C(=O)N3CCN(CC(F)F)CC3)CC2=O)cc1. The van der Waals surface area contributed by atoms with Gasteiger partial charge in [-0.05, 0) is 19.1 Å². The molecule has 2 aliphatic heterocycles. The van der Waals surface area contributed by atoms with Crippen LogP contribution in [0.5, 0.6) is 0 Å². The number of aryl methyl sites for hydroxylation is 1. The van der Waals surface area contributed by atoms with Crippen LogP contribution in [0.1, 0.15) is 12.0 Å². The third-order valence-corrected chi connectivity index (χ3v) is 4.90. The monoisotopic (exact) mass is 351 g/mol. The second kappa shape index (κ2) is 7.47. The number of nitrogens with zero attached hydrogens (tertiary/aromatic N) is 3. The molecule has 2 fully saturated rings. The Morgan fingerprint density at radius 2 is 1.80 bits per heavy atom. The van der Waals surface area contributed by atoms with E-state index in [-0.39, 0.29) is 30.7 Å². The summed E-state index contributed by atoms with van der Waals surface area (Å²) in [5, 5.41) is 0. The summed E-state index contributed by atoms with van der Waals surface area (Å²) in [7, 11) is 0. The number of hydrogen-bond donors (Lipinski definition) is 0. The fourth-order valence-corrected chi connectivity index (χ4v) is 3.45. The molecule has 3 rings (SSSR count). The third-order valence-electron chi connectivity index (χ3n) is 4.90. The normalized spacial score (nSPS) is 22.1. The molecule has 7 heteroatoms. The number of halogens is 2. The van der Waals surface area contributed by atoms with Crippen molar-refractivity contribution >= 4 is 17.5 Å². The van der Waals surface area contributed by atoms with E-state index in [2.05, 4.69) is 0 Å². The van der Waals surface area contributed by atoms with Crippen molar-refractivity contribution in [3.8, 4) is 0 Å². The molecule has 0 N–H and O–H groups in total. The van der Waals surface area contributed by atoms with Crippen molar-refractivity contribution in [2.75, 3.05) is 44.2 Å². The topological polar surface area (TPSA) is 43.9 Å². The molecular formula is C18H23F2N3O2. The molecule has 136 valence electrons. The van der Waals surface area contributed by atoms with E-state index in [0.717, 1.165) is 11.3 Å². The van der Waals surface area contributed by atoms with Crippen LogP contribution >= 0.6 is 0 Å². The Balaban J connectivity index is 1.57. The molecule has 1 atom stereocenters. The first-order valence-electron chi connectivity index (χ1n) is 8.60. The van der Waals surface area contributed by atoms with Gasteiger partial charge in [-0.15, -0.1) is 0 Å². The van der Waals surface area contributed by atoms with Gasteiger partial charge in [-0.25, -0.2) is 8.78 Å². The minimum Gasteiger partial charge on any atom is -0.340 e. The summed E-state index contributed by atoms with van der Waals surface area (Å²) in [6.45, 7) is 3.93. The molecular weight excluding hydrogens is 328 g/mol. The number of amides is 2. The van der Waals surface area contributed by atoms with Gasteiger partial charge in [0, 0.05) is 44.8 Å². The second-order valence-corrected chi connectivity index (χ2v) is 6.76. The lowest BCUT2D eigenvalue weighted by Gasteiger charge is -2.35. The summed E-state index contributed by atoms with van der Waals surface area (Å²) in [5.41, 5.74) is 1.93. The van der Waals surface area contributed by atoms with Crippen LogP contribution < -0.4 is 4.90 Å². The highest BCUT2D eigenvalue weighted by Crippen LogP contribution is 2.27. The molecule has 2 amide bonds. The van der Waals surface area contributed by atoms with Gasteiger partial charge >= 0.3 is 0 Å². The molecule has 0 aliphatic carbocycles. The molecule has 5 nitrogen and oxygen atoms in total. The summed E-state index contributed by atoms with van der Waals surface area (Å²) in [6, 6.07) is 7.67. The van der Waals surface area contributed by atoms with Crippen LogP contribution in [0.25, 0.3) is 0 Å². The Morgan fingerprint density at radius 1 is 1.16 bits per heavy atom. The standard InChI is InChI=1S/C18H23F2N3O2/c1-13-2-4-15(5-3-13)23-11-14(10-17(23)24)18(25)22-8-6-21(7-9-22)12-16(19)20/h2-5,14,16H,6-12H2,1H3/t14-/m0/s1. The number of rotatable bonds is 4. The van der Waals surface area contributed by atoms with Gasteiger partial charge in [0.1, 0.15) is 0 Å². The molecule has 0 aromatic heterocycles. The van der Waals surface area contributed by atoms with Crippen LogP contribution in [0.2, 0.25) is 0 Å². The van der Waals surface area contributed by atoms with E-state index in [1.165, 1.54) is 0 Å². The van der Waals surface area contributed by atoms with Crippen LogP contribution in [0.15, 0.2) is 24.3 Å². The van der Waals surface area contributed by atoms with E-state index in [4.69, 9.17) is 0 Å². The van der Waals surface area contributed by atoms with Crippen LogP contribution in [-0.4, -0.2) is 67.3 Å². The largest absolute Gasteiger partial charge is 0.340 e. The van der Waals surface area contributed by atoms with Gasteiger partial charge in [-0.1, -0.05) is 17.7 Å². The fraction of sp³-hybridized carbons (Fsp3) is 0.556. The molecule has 0 spiro atoms. The lowest BCUT2D eigenvalue weighted by Crippen LogP contribution is -2.51. The predicted molar refractivity (Wildman–Crippen MR) is 90.7 cm³/mol. The molecule has 25 heavy (non-hydrogen) atoms. The zero-order chi connectivity index (χ0) is 18.0. The highest BCUT2D eigenvalue weighted by Gasteiger charge is 2.38. The predicted octanol–water partition coefficient (Wildman–Crippen LogP) is 1.76. The molecule has 0 radical (unpaired) electrons. The Labute approximate surface area is 146 Å². The van der Waals surface area contributed by atoms with Gasteiger partial charge in [0.2, 0.25) is 11.8 Å². The number of alkyl halides is 2. The van der Waals surface area contributed by atoms with Crippen molar-refractivity contribution in [2.45, 2.75) is 19.8 Å². The van der Waals surface area contributed by atoms with Gasteiger partial charge in [0.25, 0.3) is 6.43 Å². The first-order chi connectivity index (χ1) is 11.9. The number of carbonyl (C=O) groups excluding carboxylic acids is 2. The average molecular weight is 351 g/mol. The van der Waals surface area contributed by atoms with E-state index in [0.29, 0.717) is 32.7 Å². The summed E-state index contributed by atoms with van der Waals surface area (Å²) in [5.74, 6) is -0.436. The van der Waals surface area contributed by atoms with Crippen molar-refractivity contribution in [3.05, 3.63) is 29.8 Å². The second-order valence-electron chi connectivity index (χ2n) is 6.76. The van der Waals surface area contributed by atoms with Crippen LogP contribution in [-0.2, 0) is 9.59 Å². The van der Waals surface area contributed by atoms with Crippen molar-refractivity contribution in [3.63, 3.8) is 0 Å². The number of carbonyl (C=O) groups is 2. The summed E-state index contributed by atoms with van der Waals surface area (Å²) < 4.78 is 24.9. The molecule has 0 unspecified atom stereocenters. The first-order valence-corrected chi connectivity index (χ1v) is 8.60. The molecule has 2 heterocycles. The Morgan fingerprint density at radius 3 is 2.40 bits per heavy atom. The minimum absolute atomic E-state index is 0.0420. The number of anilines is 1. The van der Waals surface area contributed by atoms with Crippen LogP contribution in [0, 0.1) is 12.8 Å².